The quantitative estimate of drug-likeness (QED) is 0.726. The Balaban J connectivity index is 1.30. The molecule has 2 aliphatic rings. The van der Waals surface area contributed by atoms with Crippen LogP contribution in [0.5, 0.6) is 0 Å². The highest BCUT2D eigenvalue weighted by atomic mass is 32.2. The number of likely N-dealkylation sites (N-methyl/N-ethyl adjacent to an activating group) is 1. The van der Waals surface area contributed by atoms with E-state index in [4.69, 9.17) is 4.74 Å². The van der Waals surface area contributed by atoms with E-state index in [1.54, 1.807) is 34.8 Å². The van der Waals surface area contributed by atoms with Crippen molar-refractivity contribution in [3.8, 4) is 0 Å². The summed E-state index contributed by atoms with van der Waals surface area (Å²) in [5.74, 6) is 0. The van der Waals surface area contributed by atoms with Crippen LogP contribution in [0.15, 0.2) is 59.8 Å². The second-order valence-electron chi connectivity index (χ2n) is 8.41. The fourth-order valence-corrected chi connectivity index (χ4v) is 5.98. The Bertz CT molecular complexity index is 897. The number of benzene rings is 1. The van der Waals surface area contributed by atoms with E-state index in [0.29, 0.717) is 18.0 Å². The zero-order valence-corrected chi connectivity index (χ0v) is 17.7. The van der Waals surface area contributed by atoms with Gasteiger partial charge in [-0.1, -0.05) is 24.3 Å². The first-order chi connectivity index (χ1) is 14.0. The SMILES string of the molecule is CN(Cc1cccnc1)CC1CC2(CCN(S(=O)(=O)c3ccccc3)CC2)CO1. The normalized spacial score (nSPS) is 22.3. The molecule has 0 N–H and O–H groups in total. The summed E-state index contributed by atoms with van der Waals surface area (Å²) < 4.78 is 33.5. The van der Waals surface area contributed by atoms with Crippen LogP contribution in [0, 0.1) is 5.41 Å². The second kappa shape index (κ2) is 8.52. The predicted molar refractivity (Wildman–Crippen MR) is 112 cm³/mol. The van der Waals surface area contributed by atoms with Crippen LogP contribution in [-0.2, 0) is 21.3 Å². The molecular weight excluding hydrogens is 386 g/mol. The Morgan fingerprint density at radius 1 is 1.17 bits per heavy atom. The number of aromatic nitrogens is 1. The van der Waals surface area contributed by atoms with Gasteiger partial charge in [0.25, 0.3) is 0 Å². The molecule has 1 aromatic heterocycles. The molecule has 0 radical (unpaired) electrons. The molecule has 0 aliphatic carbocycles. The second-order valence-corrected chi connectivity index (χ2v) is 10.4. The molecule has 1 spiro atoms. The molecule has 1 unspecified atom stereocenters. The number of sulfonamides is 1. The summed E-state index contributed by atoms with van der Waals surface area (Å²) in [6.07, 6.45) is 6.62. The maximum Gasteiger partial charge on any atom is 0.243 e. The maximum atomic E-state index is 12.9. The number of nitrogens with zero attached hydrogens (tertiary/aromatic N) is 3. The number of piperidine rings is 1. The van der Waals surface area contributed by atoms with Crippen molar-refractivity contribution in [2.75, 3.05) is 33.3 Å². The first kappa shape index (κ1) is 20.5. The standard InChI is InChI=1S/C22H29N3O3S/c1-24(16-19-6-5-11-23-15-19)17-20-14-22(18-28-20)9-12-25(13-10-22)29(26,27)21-7-3-2-4-8-21/h2-8,11,15,20H,9-10,12-14,16-18H2,1H3. The van der Waals surface area contributed by atoms with Gasteiger partial charge in [-0.05, 0) is 55.5 Å². The number of rotatable bonds is 6. The lowest BCUT2D eigenvalue weighted by Gasteiger charge is -2.37. The van der Waals surface area contributed by atoms with E-state index in [1.807, 2.05) is 18.3 Å². The molecule has 0 bridgehead atoms. The number of hydrogen-bond donors (Lipinski definition) is 0. The van der Waals surface area contributed by atoms with Crippen LogP contribution in [0.25, 0.3) is 0 Å². The van der Waals surface area contributed by atoms with Crippen molar-refractivity contribution in [1.29, 1.82) is 0 Å². The summed E-state index contributed by atoms with van der Waals surface area (Å²) in [5.41, 5.74) is 1.31. The third-order valence-corrected chi connectivity index (χ3v) is 8.05. The third-order valence-electron chi connectivity index (χ3n) is 6.14. The van der Waals surface area contributed by atoms with Crippen LogP contribution in [-0.4, -0.2) is 62.0 Å². The van der Waals surface area contributed by atoms with Crippen molar-refractivity contribution in [3.63, 3.8) is 0 Å². The highest BCUT2D eigenvalue weighted by molar-refractivity contribution is 7.89. The van der Waals surface area contributed by atoms with Crippen molar-refractivity contribution in [2.45, 2.75) is 36.8 Å². The minimum absolute atomic E-state index is 0.114. The molecule has 29 heavy (non-hydrogen) atoms. The van der Waals surface area contributed by atoms with Crippen LogP contribution >= 0.6 is 0 Å². The van der Waals surface area contributed by atoms with E-state index in [2.05, 4.69) is 23.0 Å². The van der Waals surface area contributed by atoms with E-state index in [9.17, 15) is 8.42 Å². The van der Waals surface area contributed by atoms with Gasteiger partial charge < -0.3 is 4.74 Å². The van der Waals surface area contributed by atoms with Crippen molar-refractivity contribution < 1.29 is 13.2 Å². The number of pyridine rings is 1. The molecule has 7 heteroatoms. The van der Waals surface area contributed by atoms with Crippen LogP contribution < -0.4 is 0 Å². The van der Waals surface area contributed by atoms with Gasteiger partial charge in [-0.2, -0.15) is 4.31 Å². The fraction of sp³-hybridized carbons (Fsp3) is 0.500. The van der Waals surface area contributed by atoms with Crippen LogP contribution in [0.1, 0.15) is 24.8 Å². The average Bonchev–Trinajstić information content (AvgIpc) is 3.11. The zero-order chi connectivity index (χ0) is 20.3. The average molecular weight is 416 g/mol. The molecule has 2 aliphatic heterocycles. The first-order valence-corrected chi connectivity index (χ1v) is 11.7. The van der Waals surface area contributed by atoms with Gasteiger partial charge in [0, 0.05) is 38.6 Å². The molecule has 2 fully saturated rings. The molecule has 1 aromatic carbocycles. The van der Waals surface area contributed by atoms with Gasteiger partial charge in [0.2, 0.25) is 10.0 Å². The lowest BCUT2D eigenvalue weighted by molar-refractivity contribution is 0.0618. The summed E-state index contributed by atoms with van der Waals surface area (Å²) >= 11 is 0. The van der Waals surface area contributed by atoms with Gasteiger partial charge in [0.05, 0.1) is 17.6 Å². The number of hydrogen-bond acceptors (Lipinski definition) is 5. The minimum Gasteiger partial charge on any atom is -0.376 e. The molecule has 0 saturated carbocycles. The van der Waals surface area contributed by atoms with Gasteiger partial charge in [0.15, 0.2) is 0 Å². The topological polar surface area (TPSA) is 62.7 Å². The van der Waals surface area contributed by atoms with Crippen LogP contribution in [0.4, 0.5) is 0 Å². The Morgan fingerprint density at radius 3 is 2.62 bits per heavy atom. The highest BCUT2D eigenvalue weighted by Gasteiger charge is 2.44. The van der Waals surface area contributed by atoms with Crippen molar-refractivity contribution >= 4 is 10.0 Å². The lowest BCUT2D eigenvalue weighted by Crippen LogP contribution is -2.43. The van der Waals surface area contributed by atoms with Crippen LogP contribution in [0.3, 0.4) is 0 Å². The van der Waals surface area contributed by atoms with E-state index < -0.39 is 10.0 Å². The highest BCUT2D eigenvalue weighted by Crippen LogP contribution is 2.43. The van der Waals surface area contributed by atoms with Gasteiger partial charge in [-0.15, -0.1) is 0 Å². The zero-order valence-electron chi connectivity index (χ0n) is 16.9. The Hall–Kier alpha value is -1.80. The van der Waals surface area contributed by atoms with Gasteiger partial charge in [0.1, 0.15) is 0 Å². The van der Waals surface area contributed by atoms with Gasteiger partial charge >= 0.3 is 0 Å². The Morgan fingerprint density at radius 2 is 1.93 bits per heavy atom. The minimum atomic E-state index is -3.40. The summed E-state index contributed by atoms with van der Waals surface area (Å²) in [6.45, 7) is 3.60. The molecule has 3 heterocycles. The predicted octanol–water partition coefficient (Wildman–Crippen LogP) is 2.77. The Kier molecular flexibility index (Phi) is 6.01. The van der Waals surface area contributed by atoms with Gasteiger partial charge in [-0.25, -0.2) is 8.42 Å². The number of ether oxygens (including phenoxy) is 1. The van der Waals surface area contributed by atoms with Crippen molar-refractivity contribution in [1.82, 2.24) is 14.2 Å². The van der Waals surface area contributed by atoms with E-state index >= 15 is 0 Å². The molecule has 1 atom stereocenters. The summed E-state index contributed by atoms with van der Waals surface area (Å²) in [5, 5.41) is 0. The first-order valence-electron chi connectivity index (χ1n) is 10.2. The molecular formula is C22H29N3O3S. The van der Waals surface area contributed by atoms with Crippen LogP contribution in [0.2, 0.25) is 0 Å². The monoisotopic (exact) mass is 415 g/mol. The smallest absolute Gasteiger partial charge is 0.243 e. The molecule has 2 aromatic rings. The lowest BCUT2D eigenvalue weighted by atomic mass is 9.77. The molecule has 0 amide bonds. The summed E-state index contributed by atoms with van der Waals surface area (Å²) in [7, 11) is -1.29. The largest absolute Gasteiger partial charge is 0.376 e. The molecule has 6 nitrogen and oxygen atoms in total. The van der Waals surface area contributed by atoms with Gasteiger partial charge in [-0.3, -0.25) is 9.88 Å². The molecule has 4 rings (SSSR count). The maximum absolute atomic E-state index is 12.9. The summed E-state index contributed by atoms with van der Waals surface area (Å²) in [6, 6.07) is 12.8. The van der Waals surface area contributed by atoms with E-state index in [0.717, 1.165) is 39.0 Å². The fourth-order valence-electron chi connectivity index (χ4n) is 4.52. The third kappa shape index (κ3) is 4.69. The van der Waals surface area contributed by atoms with E-state index in [1.165, 1.54) is 5.56 Å². The van der Waals surface area contributed by atoms with Crippen molar-refractivity contribution in [3.05, 3.63) is 60.4 Å². The van der Waals surface area contributed by atoms with Crippen molar-refractivity contribution in [2.24, 2.45) is 5.41 Å². The Labute approximate surface area is 173 Å². The molecule has 2 saturated heterocycles. The molecule has 156 valence electrons. The summed E-state index contributed by atoms with van der Waals surface area (Å²) in [4.78, 5) is 6.83. The van der Waals surface area contributed by atoms with E-state index in [-0.39, 0.29) is 11.5 Å².